The zero-order valence-corrected chi connectivity index (χ0v) is 25.8. The number of ketones is 1. The van der Waals surface area contributed by atoms with Gasteiger partial charge in [-0.1, -0.05) is 72.8 Å². The summed E-state index contributed by atoms with van der Waals surface area (Å²) >= 11 is 0. The van der Waals surface area contributed by atoms with Crippen LogP contribution in [0.4, 0.5) is 18.9 Å². The lowest BCUT2D eigenvalue weighted by Crippen LogP contribution is -2.48. The van der Waals surface area contributed by atoms with E-state index in [1.807, 2.05) is 78.9 Å². The van der Waals surface area contributed by atoms with Gasteiger partial charge in [-0.3, -0.25) is 24.5 Å². The van der Waals surface area contributed by atoms with Gasteiger partial charge in [0.05, 0.1) is 34.6 Å². The number of benzene rings is 3. The summed E-state index contributed by atoms with van der Waals surface area (Å²) in [6, 6.07) is 30.1. The Kier molecular flexibility index (Phi) is 9.66. The van der Waals surface area contributed by atoms with E-state index in [-0.39, 0.29) is 18.7 Å². The van der Waals surface area contributed by atoms with E-state index in [9.17, 15) is 22.8 Å². The number of aromatic nitrogens is 2. The molecule has 9 heteroatoms. The second kappa shape index (κ2) is 14.4. The standard InChI is InChI=1S/C39H31F3N4O2/c40-39(41,42)32-18-13-27(14-19-32)15-20-37(47)46(26-29-11-16-30(17-12-29)33-9-4-5-21-43-33)36(23-28-7-2-1-3-8-28)38(48)31-24-35-34(45-25-31)10-6-22-44-35/h1-22,25,31,36H,23-24,26H2. The molecule has 6 rings (SSSR count). The van der Waals surface area contributed by atoms with E-state index in [1.165, 1.54) is 29.2 Å². The number of pyridine rings is 2. The van der Waals surface area contributed by atoms with E-state index in [0.717, 1.165) is 34.5 Å². The minimum Gasteiger partial charge on any atom is -0.324 e. The zero-order valence-electron chi connectivity index (χ0n) is 25.8. The van der Waals surface area contributed by atoms with Crippen molar-refractivity contribution in [1.29, 1.82) is 0 Å². The van der Waals surface area contributed by atoms with Crippen molar-refractivity contribution in [3.63, 3.8) is 0 Å². The molecule has 5 aromatic rings. The molecule has 0 saturated carbocycles. The van der Waals surface area contributed by atoms with E-state index in [0.29, 0.717) is 23.4 Å². The molecular weight excluding hydrogens is 613 g/mol. The molecule has 0 saturated heterocycles. The highest BCUT2D eigenvalue weighted by Gasteiger charge is 2.35. The first-order chi connectivity index (χ1) is 23.2. The maximum Gasteiger partial charge on any atom is 0.416 e. The van der Waals surface area contributed by atoms with Crippen molar-refractivity contribution in [2.75, 3.05) is 0 Å². The molecule has 0 spiro atoms. The summed E-state index contributed by atoms with van der Waals surface area (Å²) in [5.74, 6) is -1.24. The second-order valence-corrected chi connectivity index (χ2v) is 11.5. The number of aliphatic imine (C=N–C) groups is 1. The predicted molar refractivity (Wildman–Crippen MR) is 179 cm³/mol. The van der Waals surface area contributed by atoms with Crippen molar-refractivity contribution >= 4 is 29.7 Å². The van der Waals surface area contributed by atoms with E-state index in [4.69, 9.17) is 0 Å². The molecule has 0 bridgehead atoms. The third-order valence-corrected chi connectivity index (χ3v) is 8.22. The quantitative estimate of drug-likeness (QED) is 0.145. The molecule has 0 N–H and O–H groups in total. The van der Waals surface area contributed by atoms with Gasteiger partial charge in [0.1, 0.15) is 0 Å². The highest BCUT2D eigenvalue weighted by atomic mass is 19.4. The number of nitrogens with zero attached hydrogens (tertiary/aromatic N) is 4. The number of hydrogen-bond donors (Lipinski definition) is 0. The van der Waals surface area contributed by atoms with Crippen molar-refractivity contribution in [1.82, 2.24) is 14.9 Å². The molecule has 2 unspecified atom stereocenters. The molecule has 1 aliphatic rings. The molecule has 2 atom stereocenters. The number of Topliss-reactive ketones (excluding diaryl/α,β-unsaturated/α-hetero) is 1. The van der Waals surface area contributed by atoms with E-state index >= 15 is 0 Å². The fourth-order valence-corrected chi connectivity index (χ4v) is 5.66. The van der Waals surface area contributed by atoms with Crippen molar-refractivity contribution in [2.45, 2.75) is 31.6 Å². The van der Waals surface area contributed by atoms with Gasteiger partial charge in [-0.2, -0.15) is 13.2 Å². The Morgan fingerprint density at radius 1 is 0.812 bits per heavy atom. The topological polar surface area (TPSA) is 75.5 Å². The Morgan fingerprint density at radius 3 is 2.25 bits per heavy atom. The number of carbonyl (C=O) groups is 2. The summed E-state index contributed by atoms with van der Waals surface area (Å²) in [4.78, 5) is 43.4. The molecule has 240 valence electrons. The van der Waals surface area contributed by atoms with Crippen molar-refractivity contribution in [2.24, 2.45) is 10.9 Å². The first-order valence-corrected chi connectivity index (χ1v) is 15.5. The largest absolute Gasteiger partial charge is 0.416 e. The van der Waals surface area contributed by atoms with Crippen LogP contribution in [0, 0.1) is 5.92 Å². The SMILES string of the molecule is O=C(C1C=Nc2cccnc2C1)C(Cc1ccccc1)N(Cc1ccc(-c2ccccn2)cc1)C(=O)C=Cc1ccc(C(F)(F)F)cc1. The van der Waals surface area contributed by atoms with Crippen LogP contribution in [0.3, 0.4) is 0 Å². The Bertz CT molecular complexity index is 1930. The van der Waals surface area contributed by atoms with Crippen LogP contribution in [0.1, 0.15) is 27.9 Å². The average molecular weight is 645 g/mol. The van der Waals surface area contributed by atoms with E-state index in [1.54, 1.807) is 24.7 Å². The zero-order chi connectivity index (χ0) is 33.5. The lowest BCUT2D eigenvalue weighted by Gasteiger charge is -2.33. The summed E-state index contributed by atoms with van der Waals surface area (Å²) in [6.45, 7) is 0.112. The maximum atomic E-state index is 14.4. The number of rotatable bonds is 10. The van der Waals surface area contributed by atoms with Gasteiger partial charge in [-0.15, -0.1) is 0 Å². The molecule has 3 heterocycles. The average Bonchev–Trinajstić information content (AvgIpc) is 3.12. The molecule has 2 aromatic heterocycles. The van der Waals surface area contributed by atoms with Gasteiger partial charge < -0.3 is 4.90 Å². The number of hydrogen-bond acceptors (Lipinski definition) is 5. The number of carbonyl (C=O) groups excluding carboxylic acids is 2. The first kappa shape index (κ1) is 32.2. The van der Waals surface area contributed by atoms with E-state index in [2.05, 4.69) is 15.0 Å². The molecule has 3 aromatic carbocycles. The first-order valence-electron chi connectivity index (χ1n) is 15.5. The molecule has 0 aliphatic carbocycles. The molecule has 6 nitrogen and oxygen atoms in total. The molecule has 0 fully saturated rings. The van der Waals surface area contributed by atoms with Crippen LogP contribution < -0.4 is 0 Å². The number of amides is 1. The third kappa shape index (κ3) is 7.81. The predicted octanol–water partition coefficient (Wildman–Crippen LogP) is 7.96. The Morgan fingerprint density at radius 2 is 1.54 bits per heavy atom. The number of fused-ring (bicyclic) bond motifs is 1. The second-order valence-electron chi connectivity index (χ2n) is 11.5. The number of alkyl halides is 3. The van der Waals surface area contributed by atoms with Gasteiger partial charge in [-0.05, 0) is 59.2 Å². The lowest BCUT2D eigenvalue weighted by molar-refractivity contribution is -0.137. The van der Waals surface area contributed by atoms with Gasteiger partial charge in [-0.25, -0.2) is 0 Å². The van der Waals surface area contributed by atoms with Crippen LogP contribution >= 0.6 is 0 Å². The van der Waals surface area contributed by atoms with Crippen LogP contribution in [-0.4, -0.2) is 38.8 Å². The Balaban J connectivity index is 1.34. The highest BCUT2D eigenvalue weighted by molar-refractivity contribution is 6.03. The fourth-order valence-electron chi connectivity index (χ4n) is 5.66. The van der Waals surface area contributed by atoms with Crippen LogP contribution in [0.5, 0.6) is 0 Å². The normalized spacial score (nSPS) is 14.8. The monoisotopic (exact) mass is 644 g/mol. The molecule has 0 radical (unpaired) electrons. The van der Waals surface area contributed by atoms with Gasteiger partial charge in [0.2, 0.25) is 5.91 Å². The Labute approximate surface area is 276 Å². The molecule has 48 heavy (non-hydrogen) atoms. The molecule has 1 amide bonds. The van der Waals surface area contributed by atoms with Gasteiger partial charge in [0, 0.05) is 49.6 Å². The maximum absolute atomic E-state index is 14.4. The summed E-state index contributed by atoms with van der Waals surface area (Å²) in [7, 11) is 0. The summed E-state index contributed by atoms with van der Waals surface area (Å²) in [6.07, 6.45) is 3.93. The highest BCUT2D eigenvalue weighted by Crippen LogP contribution is 2.30. The molecule has 1 aliphatic heterocycles. The van der Waals surface area contributed by atoms with E-state index < -0.39 is 29.6 Å². The van der Waals surface area contributed by atoms with Crippen LogP contribution in [0.2, 0.25) is 0 Å². The van der Waals surface area contributed by atoms with Crippen LogP contribution in [-0.2, 0) is 35.2 Å². The van der Waals surface area contributed by atoms with Crippen molar-refractivity contribution in [3.05, 3.63) is 156 Å². The van der Waals surface area contributed by atoms with Crippen LogP contribution in [0.25, 0.3) is 17.3 Å². The summed E-state index contributed by atoms with van der Waals surface area (Å²) < 4.78 is 39.4. The third-order valence-electron chi connectivity index (χ3n) is 8.22. The van der Waals surface area contributed by atoms with Gasteiger partial charge in [0.15, 0.2) is 5.78 Å². The Hall–Kier alpha value is -5.70. The van der Waals surface area contributed by atoms with Crippen molar-refractivity contribution < 1.29 is 22.8 Å². The van der Waals surface area contributed by atoms with Gasteiger partial charge in [0.25, 0.3) is 0 Å². The van der Waals surface area contributed by atoms with Gasteiger partial charge >= 0.3 is 6.18 Å². The van der Waals surface area contributed by atoms with Crippen LogP contribution in [0.15, 0.2) is 133 Å². The fraction of sp³-hybridized carbons (Fsp3) is 0.154. The number of halogens is 3. The summed E-state index contributed by atoms with van der Waals surface area (Å²) in [5.41, 5.74) is 4.44. The van der Waals surface area contributed by atoms with Crippen molar-refractivity contribution in [3.8, 4) is 11.3 Å². The minimum atomic E-state index is -4.47. The minimum absolute atomic E-state index is 0.112. The molecular formula is C39H31F3N4O2. The summed E-state index contributed by atoms with van der Waals surface area (Å²) in [5, 5.41) is 0. The smallest absolute Gasteiger partial charge is 0.324 e. The lowest BCUT2D eigenvalue weighted by atomic mass is 9.88.